The van der Waals surface area contributed by atoms with Gasteiger partial charge in [0.1, 0.15) is 30.0 Å². The highest BCUT2D eigenvalue weighted by Crippen LogP contribution is 2.39. The Morgan fingerprint density at radius 3 is 2.16 bits per heavy atom. The highest BCUT2D eigenvalue weighted by atomic mass is 16.7. The van der Waals surface area contributed by atoms with Gasteiger partial charge in [-0.2, -0.15) is 0 Å². The summed E-state index contributed by atoms with van der Waals surface area (Å²) < 4.78 is 36.9. The van der Waals surface area contributed by atoms with E-state index >= 15 is 0 Å². The van der Waals surface area contributed by atoms with Crippen LogP contribution in [0.2, 0.25) is 0 Å². The zero-order valence-corrected chi connectivity index (χ0v) is 31.6. The molecule has 5 N–H and O–H groups in total. The van der Waals surface area contributed by atoms with Gasteiger partial charge in [-0.3, -0.25) is 4.79 Å². The lowest BCUT2D eigenvalue weighted by molar-refractivity contribution is -0.309. The van der Waals surface area contributed by atoms with Gasteiger partial charge in [-0.05, 0) is 74.3 Å². The molecule has 0 saturated carbocycles. The standard InChI is InChI=1S/C36H65NO12/c1-13-26-36(10,43)29(39)23(6)37(11)18-19(2)16-34(8,42)31(49-33-25(38)15-14-20(3)45-33)21(4)28(22(5)32(41)47-26)48-27-17-35(9,44-12)30(40)24(7)46-27/h14-15,19-31,33,38-40,42-43H,13,16-18H2,1-12H3/t19-,20-,21+,22-,23-,24+,25-,26-,27+,28+,29-,30+,31-,33+,34-,35-,36-/m1/s1. The molecule has 0 aromatic carbocycles. The van der Waals surface area contributed by atoms with Gasteiger partial charge in [0.15, 0.2) is 12.6 Å². The first kappa shape index (κ1) is 42.2. The quantitative estimate of drug-likeness (QED) is 0.201. The number of aliphatic hydroxyl groups is 5. The van der Waals surface area contributed by atoms with Crippen LogP contribution in [0.5, 0.6) is 0 Å². The van der Waals surface area contributed by atoms with E-state index in [1.54, 1.807) is 60.6 Å². The summed E-state index contributed by atoms with van der Waals surface area (Å²) in [5, 5.41) is 57.1. The molecule has 3 aliphatic heterocycles. The monoisotopic (exact) mass is 703 g/mol. The maximum Gasteiger partial charge on any atom is 0.311 e. The van der Waals surface area contributed by atoms with Gasteiger partial charge in [-0.15, -0.1) is 0 Å². The number of methoxy groups -OCH3 is 1. The molecule has 2 saturated heterocycles. The first-order valence-electron chi connectivity index (χ1n) is 17.8. The Morgan fingerprint density at radius 1 is 0.939 bits per heavy atom. The molecule has 0 bridgehead atoms. The number of nitrogens with zero attached hydrogens (tertiary/aromatic N) is 1. The second-order valence-electron chi connectivity index (χ2n) is 15.7. The van der Waals surface area contributed by atoms with Crippen LogP contribution in [0.25, 0.3) is 0 Å². The average Bonchev–Trinajstić information content (AvgIpc) is 3.02. The molecule has 3 rings (SSSR count). The van der Waals surface area contributed by atoms with E-state index in [4.69, 9.17) is 28.4 Å². The third-order valence-electron chi connectivity index (χ3n) is 11.1. The minimum absolute atomic E-state index is 0.133. The molecular weight excluding hydrogens is 638 g/mol. The second-order valence-corrected chi connectivity index (χ2v) is 15.7. The molecule has 49 heavy (non-hydrogen) atoms. The van der Waals surface area contributed by atoms with Gasteiger partial charge in [0.25, 0.3) is 0 Å². The van der Waals surface area contributed by atoms with E-state index in [0.29, 0.717) is 6.54 Å². The van der Waals surface area contributed by atoms with E-state index < -0.39 is 96.0 Å². The Labute approximate surface area is 292 Å². The third kappa shape index (κ3) is 9.61. The van der Waals surface area contributed by atoms with Crippen LogP contribution in [0.1, 0.15) is 88.5 Å². The van der Waals surface area contributed by atoms with Gasteiger partial charge in [0, 0.05) is 32.0 Å². The van der Waals surface area contributed by atoms with Crippen LogP contribution < -0.4 is 0 Å². The molecule has 0 aliphatic carbocycles. The van der Waals surface area contributed by atoms with Crippen molar-refractivity contribution >= 4 is 5.97 Å². The number of carbonyl (C=O) groups is 1. The van der Waals surface area contributed by atoms with Gasteiger partial charge in [0.2, 0.25) is 0 Å². The molecule has 13 heteroatoms. The summed E-state index contributed by atoms with van der Waals surface area (Å²) in [5.74, 6) is -2.57. The van der Waals surface area contributed by atoms with Crippen LogP contribution in [-0.2, 0) is 33.2 Å². The largest absolute Gasteiger partial charge is 0.459 e. The van der Waals surface area contributed by atoms with E-state index in [2.05, 4.69) is 0 Å². The van der Waals surface area contributed by atoms with Crippen molar-refractivity contribution in [1.82, 2.24) is 4.90 Å². The molecule has 13 nitrogen and oxygen atoms in total. The summed E-state index contributed by atoms with van der Waals surface area (Å²) in [6, 6.07) is -0.533. The molecule has 0 amide bonds. The number of hydrogen-bond acceptors (Lipinski definition) is 13. The number of likely N-dealkylation sites (N-methyl/N-ethyl adjacent to an activating group) is 1. The highest BCUT2D eigenvalue weighted by Gasteiger charge is 2.52. The number of rotatable bonds is 6. The minimum atomic E-state index is -1.79. The molecular formula is C36H65NO12. The fourth-order valence-corrected chi connectivity index (χ4v) is 7.89. The van der Waals surface area contributed by atoms with Crippen molar-refractivity contribution in [3.63, 3.8) is 0 Å². The van der Waals surface area contributed by atoms with Crippen molar-refractivity contribution in [3.8, 4) is 0 Å². The van der Waals surface area contributed by atoms with Crippen molar-refractivity contribution < 1.29 is 58.7 Å². The Morgan fingerprint density at radius 2 is 1.57 bits per heavy atom. The predicted molar refractivity (Wildman–Crippen MR) is 181 cm³/mol. The molecule has 3 heterocycles. The first-order chi connectivity index (χ1) is 22.6. The summed E-state index contributed by atoms with van der Waals surface area (Å²) in [6.45, 7) is 17.8. The van der Waals surface area contributed by atoms with Crippen LogP contribution in [0.4, 0.5) is 0 Å². The van der Waals surface area contributed by atoms with E-state index in [1.165, 1.54) is 14.0 Å². The summed E-state index contributed by atoms with van der Waals surface area (Å²) in [7, 11) is 3.33. The first-order valence-corrected chi connectivity index (χ1v) is 17.8. The fraction of sp³-hybridized carbons (Fsp3) is 0.917. The second kappa shape index (κ2) is 16.6. The van der Waals surface area contributed by atoms with Crippen molar-refractivity contribution in [3.05, 3.63) is 12.2 Å². The normalized spacial score (nSPS) is 49.9. The Hall–Kier alpha value is -1.23. The van der Waals surface area contributed by atoms with Gasteiger partial charge >= 0.3 is 5.97 Å². The molecule has 0 radical (unpaired) electrons. The van der Waals surface area contributed by atoms with Gasteiger partial charge in [-0.25, -0.2) is 0 Å². The summed E-state index contributed by atoms with van der Waals surface area (Å²) >= 11 is 0. The Kier molecular flexibility index (Phi) is 14.3. The molecule has 0 spiro atoms. The topological polar surface area (TPSA) is 177 Å². The maximum absolute atomic E-state index is 14.1. The van der Waals surface area contributed by atoms with E-state index in [1.807, 2.05) is 25.8 Å². The minimum Gasteiger partial charge on any atom is -0.459 e. The number of carbonyl (C=O) groups excluding carboxylic acids is 1. The lowest BCUT2D eigenvalue weighted by atomic mass is 9.77. The smallest absolute Gasteiger partial charge is 0.311 e. The Balaban J connectivity index is 2.15. The zero-order valence-electron chi connectivity index (χ0n) is 31.6. The number of cyclic esters (lactones) is 1. The van der Waals surface area contributed by atoms with Gasteiger partial charge in [0.05, 0.1) is 41.5 Å². The number of esters is 1. The van der Waals surface area contributed by atoms with E-state index in [0.717, 1.165) is 0 Å². The zero-order chi connectivity index (χ0) is 37.2. The molecule has 17 atom stereocenters. The predicted octanol–water partition coefficient (Wildman–Crippen LogP) is 2.14. The lowest BCUT2D eigenvalue weighted by Crippen LogP contribution is -2.59. The summed E-state index contributed by atoms with van der Waals surface area (Å²) in [5.41, 5.74) is -4.35. The van der Waals surface area contributed by atoms with Crippen LogP contribution in [0.15, 0.2) is 12.2 Å². The van der Waals surface area contributed by atoms with Crippen LogP contribution in [0, 0.1) is 17.8 Å². The number of aliphatic hydroxyl groups excluding tert-OH is 3. The summed E-state index contributed by atoms with van der Waals surface area (Å²) in [6.07, 6.45) is -5.61. The highest BCUT2D eigenvalue weighted by molar-refractivity contribution is 5.73. The van der Waals surface area contributed by atoms with Crippen molar-refractivity contribution in [2.24, 2.45) is 17.8 Å². The molecule has 2 fully saturated rings. The molecule has 286 valence electrons. The van der Waals surface area contributed by atoms with Gasteiger partial charge < -0.3 is 58.9 Å². The molecule has 0 aromatic heterocycles. The van der Waals surface area contributed by atoms with E-state index in [9.17, 15) is 30.3 Å². The molecule has 0 aromatic rings. The fourth-order valence-electron chi connectivity index (χ4n) is 7.89. The molecule has 0 unspecified atom stereocenters. The van der Waals surface area contributed by atoms with E-state index in [-0.39, 0.29) is 31.3 Å². The average molecular weight is 704 g/mol. The Bertz CT molecular complexity index is 1100. The van der Waals surface area contributed by atoms with Crippen molar-refractivity contribution in [2.75, 3.05) is 20.7 Å². The SMILES string of the molecule is CC[C@H]1OC(=O)[C@H](C)[C@@H](O[C@H]2C[C@@](C)(OC)[C@@H](O)[C@H](C)O2)[C@H](C)[C@@H](O[C@@H]2O[C@H](C)C=C[C@H]2O)[C@](C)(O)C[C@@H](C)CN(C)[C@H](C)[C@@H](O)[C@]1(C)O. The molecule has 3 aliphatic rings. The maximum atomic E-state index is 14.1. The summed E-state index contributed by atoms with van der Waals surface area (Å²) in [4.78, 5) is 16.0. The number of hydrogen-bond donors (Lipinski definition) is 5. The van der Waals surface area contributed by atoms with Crippen molar-refractivity contribution in [2.45, 2.75) is 173 Å². The van der Waals surface area contributed by atoms with Crippen molar-refractivity contribution in [1.29, 1.82) is 0 Å². The lowest BCUT2D eigenvalue weighted by Gasteiger charge is -2.47. The van der Waals surface area contributed by atoms with Gasteiger partial charge in [-0.1, -0.05) is 32.9 Å². The number of ether oxygens (including phenoxy) is 6. The van der Waals surface area contributed by atoms with Crippen LogP contribution >= 0.6 is 0 Å². The third-order valence-corrected chi connectivity index (χ3v) is 11.1. The van der Waals surface area contributed by atoms with Crippen LogP contribution in [0.3, 0.4) is 0 Å². The van der Waals surface area contributed by atoms with Crippen LogP contribution in [-0.4, -0.2) is 141 Å².